The van der Waals surface area contributed by atoms with Gasteiger partial charge in [0, 0.05) is 5.39 Å². The first kappa shape index (κ1) is 11.3. The number of aromatic nitrogens is 1. The van der Waals surface area contributed by atoms with Crippen molar-refractivity contribution >= 4 is 16.9 Å². The standard InChI is InChI=1S/C11H12N2O4/c12-7(11(16)17)5-13-8-4-2-1-3-6(8)9(14)10(13)15/h1-4,7,14-15H,5,12H2,(H,16,17). The zero-order valence-corrected chi connectivity index (χ0v) is 8.87. The maximum absolute atomic E-state index is 10.7. The van der Waals surface area contributed by atoms with E-state index in [4.69, 9.17) is 10.8 Å². The molecule has 0 radical (unpaired) electrons. The molecule has 0 aliphatic carbocycles. The molecule has 0 spiro atoms. The minimum atomic E-state index is -1.17. The van der Waals surface area contributed by atoms with Gasteiger partial charge in [0.15, 0.2) is 5.75 Å². The molecule has 2 aromatic rings. The molecular weight excluding hydrogens is 224 g/mol. The summed E-state index contributed by atoms with van der Waals surface area (Å²) >= 11 is 0. The number of benzene rings is 1. The maximum Gasteiger partial charge on any atom is 0.322 e. The number of nitrogens with zero attached hydrogens (tertiary/aromatic N) is 1. The lowest BCUT2D eigenvalue weighted by Gasteiger charge is -2.10. The largest absolute Gasteiger partial charge is 0.503 e. The Balaban J connectivity index is 2.53. The van der Waals surface area contributed by atoms with Crippen LogP contribution in [0.15, 0.2) is 24.3 Å². The molecule has 2 rings (SSSR count). The van der Waals surface area contributed by atoms with Crippen LogP contribution in [0.3, 0.4) is 0 Å². The molecule has 6 heteroatoms. The second kappa shape index (κ2) is 3.99. The van der Waals surface area contributed by atoms with Gasteiger partial charge in [0.1, 0.15) is 6.04 Å². The lowest BCUT2D eigenvalue weighted by molar-refractivity contribution is -0.138. The van der Waals surface area contributed by atoms with Gasteiger partial charge in [-0.05, 0) is 12.1 Å². The summed E-state index contributed by atoms with van der Waals surface area (Å²) in [5.41, 5.74) is 5.95. The van der Waals surface area contributed by atoms with Gasteiger partial charge < -0.3 is 25.6 Å². The number of fused-ring (bicyclic) bond motifs is 1. The average Bonchev–Trinajstić information content (AvgIpc) is 2.55. The molecule has 0 aliphatic rings. The van der Waals surface area contributed by atoms with Crippen LogP contribution in [0.2, 0.25) is 0 Å². The molecule has 0 bridgehead atoms. The normalized spacial score (nSPS) is 12.8. The first-order valence-corrected chi connectivity index (χ1v) is 5.00. The molecule has 5 N–H and O–H groups in total. The fraction of sp³-hybridized carbons (Fsp3) is 0.182. The van der Waals surface area contributed by atoms with E-state index in [2.05, 4.69) is 0 Å². The van der Waals surface area contributed by atoms with Gasteiger partial charge in [0.05, 0.1) is 12.1 Å². The number of rotatable bonds is 3. The summed E-state index contributed by atoms with van der Waals surface area (Å²) in [4.78, 5) is 10.7. The van der Waals surface area contributed by atoms with Crippen molar-refractivity contribution in [3.8, 4) is 11.6 Å². The Morgan fingerprint density at radius 1 is 1.35 bits per heavy atom. The van der Waals surface area contributed by atoms with Crippen LogP contribution in [0.25, 0.3) is 10.9 Å². The van der Waals surface area contributed by atoms with Crippen molar-refractivity contribution in [1.29, 1.82) is 0 Å². The number of aromatic hydroxyl groups is 2. The van der Waals surface area contributed by atoms with E-state index in [-0.39, 0.29) is 18.2 Å². The Bertz CT molecular complexity index is 576. The van der Waals surface area contributed by atoms with Gasteiger partial charge in [-0.25, -0.2) is 0 Å². The summed E-state index contributed by atoms with van der Waals surface area (Å²) in [7, 11) is 0. The van der Waals surface area contributed by atoms with Crippen LogP contribution in [-0.4, -0.2) is 31.9 Å². The highest BCUT2D eigenvalue weighted by Crippen LogP contribution is 2.36. The number of hydrogen-bond donors (Lipinski definition) is 4. The molecule has 0 amide bonds. The van der Waals surface area contributed by atoms with Gasteiger partial charge in [-0.2, -0.15) is 0 Å². The highest BCUT2D eigenvalue weighted by Gasteiger charge is 2.19. The molecule has 0 saturated heterocycles. The summed E-state index contributed by atoms with van der Waals surface area (Å²) < 4.78 is 1.28. The van der Waals surface area contributed by atoms with Crippen LogP contribution >= 0.6 is 0 Å². The van der Waals surface area contributed by atoms with Crippen LogP contribution < -0.4 is 5.73 Å². The van der Waals surface area contributed by atoms with E-state index in [1.807, 2.05) is 0 Å². The van der Waals surface area contributed by atoms with E-state index in [1.54, 1.807) is 24.3 Å². The number of nitrogens with two attached hydrogens (primary N) is 1. The predicted molar refractivity (Wildman–Crippen MR) is 60.9 cm³/mol. The minimum absolute atomic E-state index is 0.109. The van der Waals surface area contributed by atoms with E-state index >= 15 is 0 Å². The van der Waals surface area contributed by atoms with E-state index in [0.717, 1.165) is 0 Å². The molecule has 1 heterocycles. The first-order valence-electron chi connectivity index (χ1n) is 5.00. The fourth-order valence-electron chi connectivity index (χ4n) is 1.73. The Morgan fingerprint density at radius 2 is 2.00 bits per heavy atom. The third kappa shape index (κ3) is 1.78. The molecule has 1 atom stereocenters. The molecule has 1 aromatic carbocycles. The molecule has 6 nitrogen and oxygen atoms in total. The van der Waals surface area contributed by atoms with Crippen LogP contribution in [0.4, 0.5) is 0 Å². The van der Waals surface area contributed by atoms with E-state index < -0.39 is 12.0 Å². The molecular formula is C11H12N2O4. The predicted octanol–water partition coefficient (Wildman–Crippen LogP) is 0.464. The van der Waals surface area contributed by atoms with Crippen LogP contribution in [-0.2, 0) is 11.3 Å². The third-order valence-corrected chi connectivity index (χ3v) is 2.61. The average molecular weight is 236 g/mol. The van der Waals surface area contributed by atoms with Gasteiger partial charge in [-0.15, -0.1) is 0 Å². The number of para-hydroxylation sites is 1. The Labute approximate surface area is 96.5 Å². The zero-order chi connectivity index (χ0) is 12.6. The summed E-state index contributed by atoms with van der Waals surface area (Å²) in [6, 6.07) is 5.60. The summed E-state index contributed by atoms with van der Waals surface area (Å²) in [5.74, 6) is -1.80. The van der Waals surface area contributed by atoms with Crippen LogP contribution in [0, 0.1) is 0 Å². The Kier molecular flexibility index (Phi) is 2.64. The van der Waals surface area contributed by atoms with Crippen molar-refractivity contribution in [2.24, 2.45) is 5.73 Å². The van der Waals surface area contributed by atoms with Crippen molar-refractivity contribution in [2.45, 2.75) is 12.6 Å². The van der Waals surface area contributed by atoms with Crippen LogP contribution in [0.1, 0.15) is 0 Å². The van der Waals surface area contributed by atoms with Crippen molar-refractivity contribution in [1.82, 2.24) is 4.57 Å². The second-order valence-electron chi connectivity index (χ2n) is 3.74. The summed E-state index contributed by atoms with van der Waals surface area (Å²) in [6.45, 7) is -0.109. The smallest absolute Gasteiger partial charge is 0.322 e. The Morgan fingerprint density at radius 3 is 2.65 bits per heavy atom. The van der Waals surface area contributed by atoms with Crippen LogP contribution in [0.5, 0.6) is 11.6 Å². The lowest BCUT2D eigenvalue weighted by atomic mass is 10.2. The van der Waals surface area contributed by atoms with E-state index in [1.165, 1.54) is 4.57 Å². The molecule has 0 saturated carbocycles. The molecule has 1 aromatic heterocycles. The Hall–Kier alpha value is -2.21. The summed E-state index contributed by atoms with van der Waals surface area (Å²) in [6.07, 6.45) is 0. The fourth-order valence-corrected chi connectivity index (χ4v) is 1.73. The van der Waals surface area contributed by atoms with Gasteiger partial charge >= 0.3 is 5.97 Å². The lowest BCUT2D eigenvalue weighted by Crippen LogP contribution is -2.34. The van der Waals surface area contributed by atoms with Crippen molar-refractivity contribution in [3.05, 3.63) is 24.3 Å². The maximum atomic E-state index is 10.7. The van der Waals surface area contributed by atoms with Gasteiger partial charge in [0.25, 0.3) is 0 Å². The topological polar surface area (TPSA) is 109 Å². The highest BCUT2D eigenvalue weighted by molar-refractivity contribution is 5.89. The zero-order valence-electron chi connectivity index (χ0n) is 8.87. The molecule has 0 aliphatic heterocycles. The molecule has 17 heavy (non-hydrogen) atoms. The number of carboxylic acid groups (broad SMARTS) is 1. The number of hydrogen-bond acceptors (Lipinski definition) is 4. The SMILES string of the molecule is NC(Cn1c(O)c(O)c2ccccc21)C(=O)O. The van der Waals surface area contributed by atoms with Crippen molar-refractivity contribution in [3.63, 3.8) is 0 Å². The minimum Gasteiger partial charge on any atom is -0.503 e. The highest BCUT2D eigenvalue weighted by atomic mass is 16.4. The summed E-state index contributed by atoms with van der Waals surface area (Å²) in [5, 5.41) is 28.6. The van der Waals surface area contributed by atoms with Crippen molar-refractivity contribution in [2.75, 3.05) is 0 Å². The van der Waals surface area contributed by atoms with Crippen molar-refractivity contribution < 1.29 is 20.1 Å². The van der Waals surface area contributed by atoms with E-state index in [0.29, 0.717) is 10.9 Å². The monoisotopic (exact) mass is 236 g/mol. The van der Waals surface area contributed by atoms with Gasteiger partial charge in [0.2, 0.25) is 5.88 Å². The number of carboxylic acids is 1. The second-order valence-corrected chi connectivity index (χ2v) is 3.74. The number of carbonyl (C=O) groups is 1. The third-order valence-electron chi connectivity index (χ3n) is 2.61. The molecule has 90 valence electrons. The van der Waals surface area contributed by atoms with E-state index in [9.17, 15) is 15.0 Å². The molecule has 0 fully saturated rings. The molecule has 1 unspecified atom stereocenters. The number of aliphatic carboxylic acids is 1. The quantitative estimate of drug-likeness (QED) is 0.619. The van der Waals surface area contributed by atoms with Gasteiger partial charge in [-0.3, -0.25) is 4.79 Å². The van der Waals surface area contributed by atoms with Gasteiger partial charge in [-0.1, -0.05) is 12.1 Å². The first-order chi connectivity index (χ1) is 8.02.